The average Bonchev–Trinajstić information content (AvgIpc) is 3.49. The monoisotopic (exact) mass is 559 g/mol. The van der Waals surface area contributed by atoms with Crippen molar-refractivity contribution in [3.05, 3.63) is 113 Å². The van der Waals surface area contributed by atoms with Crippen LogP contribution in [-0.2, 0) is 4.79 Å². The van der Waals surface area contributed by atoms with Crippen molar-refractivity contribution in [2.45, 2.75) is 25.4 Å². The largest absolute Gasteiger partial charge is 0.352 e. The van der Waals surface area contributed by atoms with Crippen molar-refractivity contribution in [1.82, 2.24) is 19.8 Å². The first kappa shape index (κ1) is 24.2. The van der Waals surface area contributed by atoms with Crippen LogP contribution in [-0.4, -0.2) is 32.0 Å². The fourth-order valence-corrected chi connectivity index (χ4v) is 5.12. The van der Waals surface area contributed by atoms with Gasteiger partial charge >= 0.3 is 0 Å². The lowest BCUT2D eigenvalue weighted by molar-refractivity contribution is -0.116. The van der Waals surface area contributed by atoms with Gasteiger partial charge in [0, 0.05) is 46.9 Å². The number of anilines is 1. The molecular formula is C28H26BrN5OS. The molecule has 1 fully saturated rings. The minimum absolute atomic E-state index is 0.0509. The number of hydrogen-bond donors (Lipinski definition) is 2. The number of carbonyl (C=O) groups is 1. The Balaban J connectivity index is 1.43. The van der Waals surface area contributed by atoms with E-state index in [0.29, 0.717) is 18.1 Å². The number of nitrogens with zero attached hydrogens (tertiary/aromatic N) is 3. The molecule has 0 radical (unpaired) electrons. The smallest absolute Gasteiger partial charge is 0.226 e. The summed E-state index contributed by atoms with van der Waals surface area (Å²) in [5, 5.41) is 7.07. The molecule has 1 saturated heterocycles. The van der Waals surface area contributed by atoms with Gasteiger partial charge in [0.25, 0.3) is 0 Å². The Hall–Kier alpha value is -3.49. The van der Waals surface area contributed by atoms with E-state index >= 15 is 0 Å². The molecule has 0 unspecified atom stereocenters. The number of aryl methyl sites for hydroxylation is 1. The quantitative estimate of drug-likeness (QED) is 0.274. The van der Waals surface area contributed by atoms with E-state index in [2.05, 4.69) is 65.4 Å². The molecule has 1 aliphatic rings. The third-order valence-corrected chi connectivity index (χ3v) is 7.18. The molecule has 182 valence electrons. The third-order valence-electron chi connectivity index (χ3n) is 6.30. The Labute approximate surface area is 224 Å². The summed E-state index contributed by atoms with van der Waals surface area (Å²) in [7, 11) is 0. The lowest BCUT2D eigenvalue weighted by atomic mass is 10.0. The number of benzene rings is 2. The first-order valence-electron chi connectivity index (χ1n) is 11.8. The summed E-state index contributed by atoms with van der Waals surface area (Å²) in [4.78, 5) is 19.5. The van der Waals surface area contributed by atoms with E-state index in [4.69, 9.17) is 12.2 Å². The van der Waals surface area contributed by atoms with Crippen molar-refractivity contribution < 1.29 is 4.79 Å². The molecule has 5 rings (SSSR count). The van der Waals surface area contributed by atoms with Gasteiger partial charge < -0.3 is 20.1 Å². The Kier molecular flexibility index (Phi) is 7.16. The molecule has 1 amide bonds. The van der Waals surface area contributed by atoms with Gasteiger partial charge in [-0.25, -0.2) is 0 Å². The predicted molar refractivity (Wildman–Crippen MR) is 150 cm³/mol. The highest BCUT2D eigenvalue weighted by molar-refractivity contribution is 9.10. The maximum Gasteiger partial charge on any atom is 0.226 e. The molecule has 1 aliphatic heterocycles. The summed E-state index contributed by atoms with van der Waals surface area (Å²) in [6, 6.07) is 25.8. The fraction of sp³-hybridized carbons (Fsp3) is 0.179. The van der Waals surface area contributed by atoms with Gasteiger partial charge in [-0.3, -0.25) is 9.78 Å². The second-order valence-electron chi connectivity index (χ2n) is 8.76. The maximum absolute atomic E-state index is 12.8. The summed E-state index contributed by atoms with van der Waals surface area (Å²) in [6.45, 7) is 2.50. The first-order valence-corrected chi connectivity index (χ1v) is 13.0. The number of aromatic nitrogens is 2. The Morgan fingerprint density at radius 1 is 1.06 bits per heavy atom. The second kappa shape index (κ2) is 10.6. The Bertz CT molecular complexity index is 1350. The first-order chi connectivity index (χ1) is 17.5. The lowest BCUT2D eigenvalue weighted by Crippen LogP contribution is -2.33. The van der Waals surface area contributed by atoms with Crippen LogP contribution in [0.1, 0.15) is 35.5 Å². The zero-order chi connectivity index (χ0) is 25.1. The number of nitrogens with one attached hydrogen (secondary N) is 2. The number of amides is 1. The summed E-state index contributed by atoms with van der Waals surface area (Å²) in [6.07, 6.45) is 4.15. The molecule has 2 aromatic carbocycles. The van der Waals surface area contributed by atoms with Gasteiger partial charge in [-0.15, -0.1) is 0 Å². The predicted octanol–water partition coefficient (Wildman–Crippen LogP) is 5.94. The standard InChI is InChI=1S/C28H26BrN5OS/c1-19-7-11-21(12-8-19)31-25(35)15-18-34-27(26(32-28(34)36)23-5-2-3-16-30-23)24-6-4-17-33(24)22-13-9-20(29)10-14-22/h2-14,16-17,26-27H,15,18H2,1H3,(H,31,35)(H,32,36)/t26-,27-/m0/s1. The summed E-state index contributed by atoms with van der Waals surface area (Å²) in [5.74, 6) is -0.0509. The molecule has 4 aromatic rings. The van der Waals surface area contributed by atoms with E-state index in [-0.39, 0.29) is 18.0 Å². The number of rotatable bonds is 7. The molecule has 3 heterocycles. The van der Waals surface area contributed by atoms with Crippen LogP contribution in [0.5, 0.6) is 0 Å². The van der Waals surface area contributed by atoms with Crippen LogP contribution < -0.4 is 10.6 Å². The molecule has 0 aliphatic carbocycles. The van der Waals surface area contributed by atoms with Gasteiger partial charge in [0.05, 0.1) is 17.8 Å². The van der Waals surface area contributed by atoms with Crippen LogP contribution in [0, 0.1) is 6.92 Å². The van der Waals surface area contributed by atoms with Crippen LogP contribution in [0.2, 0.25) is 0 Å². The minimum atomic E-state index is -0.150. The number of carbonyl (C=O) groups excluding carboxylic acids is 1. The third kappa shape index (κ3) is 5.20. The molecule has 0 spiro atoms. The SMILES string of the molecule is Cc1ccc(NC(=O)CCN2C(=S)N[C@@H](c3ccccn3)[C@@H]2c2cccn2-c2ccc(Br)cc2)cc1. The van der Waals surface area contributed by atoms with Gasteiger partial charge in [0.15, 0.2) is 5.11 Å². The summed E-state index contributed by atoms with van der Waals surface area (Å²) in [5.41, 5.74) is 4.96. The van der Waals surface area contributed by atoms with Gasteiger partial charge in [0.2, 0.25) is 5.91 Å². The highest BCUT2D eigenvalue weighted by Gasteiger charge is 2.41. The zero-order valence-corrected chi connectivity index (χ0v) is 22.2. The van der Waals surface area contributed by atoms with Crippen LogP contribution in [0.3, 0.4) is 0 Å². The van der Waals surface area contributed by atoms with E-state index in [1.807, 2.05) is 67.6 Å². The van der Waals surface area contributed by atoms with Crippen molar-refractivity contribution in [3.63, 3.8) is 0 Å². The molecule has 8 heteroatoms. The van der Waals surface area contributed by atoms with E-state index < -0.39 is 0 Å². The van der Waals surface area contributed by atoms with E-state index in [9.17, 15) is 4.79 Å². The van der Waals surface area contributed by atoms with Crippen molar-refractivity contribution in [3.8, 4) is 5.69 Å². The number of halogens is 1. The average molecular weight is 561 g/mol. The van der Waals surface area contributed by atoms with Gasteiger partial charge in [-0.1, -0.05) is 39.7 Å². The molecular weight excluding hydrogens is 534 g/mol. The van der Waals surface area contributed by atoms with Crippen molar-refractivity contribution in [2.24, 2.45) is 0 Å². The molecule has 6 nitrogen and oxygen atoms in total. The van der Waals surface area contributed by atoms with Gasteiger partial charge in [-0.2, -0.15) is 0 Å². The van der Waals surface area contributed by atoms with E-state index in [1.165, 1.54) is 0 Å². The van der Waals surface area contributed by atoms with Crippen LogP contribution in [0.25, 0.3) is 5.69 Å². The van der Waals surface area contributed by atoms with E-state index in [0.717, 1.165) is 32.8 Å². The molecule has 0 bridgehead atoms. The van der Waals surface area contributed by atoms with Crippen LogP contribution in [0.4, 0.5) is 5.69 Å². The summed E-state index contributed by atoms with van der Waals surface area (Å²) < 4.78 is 3.19. The van der Waals surface area contributed by atoms with Gasteiger partial charge in [0.1, 0.15) is 0 Å². The highest BCUT2D eigenvalue weighted by atomic mass is 79.9. The van der Waals surface area contributed by atoms with Crippen LogP contribution >= 0.6 is 28.1 Å². The van der Waals surface area contributed by atoms with Crippen LogP contribution in [0.15, 0.2) is 95.7 Å². The maximum atomic E-state index is 12.8. The molecule has 2 N–H and O–H groups in total. The number of hydrogen-bond acceptors (Lipinski definition) is 3. The molecule has 36 heavy (non-hydrogen) atoms. The molecule has 2 atom stereocenters. The highest BCUT2D eigenvalue weighted by Crippen LogP contribution is 2.39. The number of thiocarbonyl (C=S) groups is 1. The Morgan fingerprint density at radius 2 is 1.83 bits per heavy atom. The Morgan fingerprint density at radius 3 is 2.56 bits per heavy atom. The second-order valence-corrected chi connectivity index (χ2v) is 10.1. The number of pyridine rings is 1. The fourth-order valence-electron chi connectivity index (χ4n) is 4.52. The van der Waals surface area contributed by atoms with Gasteiger partial charge in [-0.05, 0) is 79.8 Å². The lowest BCUT2D eigenvalue weighted by Gasteiger charge is -2.29. The summed E-state index contributed by atoms with van der Waals surface area (Å²) >= 11 is 9.30. The van der Waals surface area contributed by atoms with Crippen molar-refractivity contribution >= 4 is 44.9 Å². The zero-order valence-electron chi connectivity index (χ0n) is 19.8. The van der Waals surface area contributed by atoms with Crippen molar-refractivity contribution in [2.75, 3.05) is 11.9 Å². The minimum Gasteiger partial charge on any atom is -0.352 e. The van der Waals surface area contributed by atoms with Crippen molar-refractivity contribution in [1.29, 1.82) is 0 Å². The van der Waals surface area contributed by atoms with E-state index in [1.54, 1.807) is 6.20 Å². The normalized spacial score (nSPS) is 17.2. The molecule has 2 aromatic heterocycles. The topological polar surface area (TPSA) is 62.2 Å². The molecule has 0 saturated carbocycles.